The average molecular weight is 276 g/mol. The number of carbonyl (C=O) groups excluding carboxylic acids is 1. The molecule has 1 amide bonds. The van der Waals surface area contributed by atoms with E-state index in [-0.39, 0.29) is 22.8 Å². The minimum atomic E-state index is -0.704. The number of anilines is 2. The van der Waals surface area contributed by atoms with Crippen LogP contribution in [0.1, 0.15) is 10.4 Å². The number of nitrogen functional groups attached to an aromatic ring is 1. The quantitative estimate of drug-likeness (QED) is 0.657. The zero-order chi connectivity index (χ0) is 14.7. The maximum atomic E-state index is 13.0. The van der Waals surface area contributed by atoms with Gasteiger partial charge in [-0.2, -0.15) is 0 Å². The smallest absolute Gasteiger partial charge is 0.288 e. The van der Waals surface area contributed by atoms with Crippen molar-refractivity contribution in [2.45, 2.75) is 0 Å². The molecule has 1 heterocycles. The highest BCUT2D eigenvalue weighted by Crippen LogP contribution is 2.18. The Bertz CT molecular complexity index is 690. The van der Waals surface area contributed by atoms with Crippen molar-refractivity contribution in [3.8, 4) is 0 Å². The monoisotopic (exact) mass is 276 g/mol. The number of pyridine rings is 1. The number of halogens is 1. The first-order valence-electron chi connectivity index (χ1n) is 5.44. The summed E-state index contributed by atoms with van der Waals surface area (Å²) in [5.74, 6) is -1.37. The van der Waals surface area contributed by atoms with Crippen molar-refractivity contribution in [3.05, 3.63) is 58.0 Å². The highest BCUT2D eigenvalue weighted by atomic mass is 19.1. The average Bonchev–Trinajstić information content (AvgIpc) is 2.38. The fourth-order valence-corrected chi connectivity index (χ4v) is 1.51. The van der Waals surface area contributed by atoms with Gasteiger partial charge in [0.25, 0.3) is 11.6 Å². The number of hydrogen-bond acceptors (Lipinski definition) is 5. The maximum absolute atomic E-state index is 13.0. The fraction of sp³-hybridized carbons (Fsp3) is 0. The van der Waals surface area contributed by atoms with E-state index in [0.29, 0.717) is 0 Å². The molecule has 3 N–H and O–H groups in total. The number of amides is 1. The van der Waals surface area contributed by atoms with Crippen molar-refractivity contribution < 1.29 is 14.1 Å². The number of nitrogens with two attached hydrogens (primary N) is 1. The number of carbonyl (C=O) groups is 1. The van der Waals surface area contributed by atoms with Gasteiger partial charge < -0.3 is 11.1 Å². The lowest BCUT2D eigenvalue weighted by Crippen LogP contribution is -2.15. The SMILES string of the molecule is Nc1ncc([N+](=O)[O-])cc1C(=O)Nc1cccc(F)c1. The van der Waals surface area contributed by atoms with Crippen molar-refractivity contribution in [1.82, 2.24) is 4.98 Å². The Balaban J connectivity index is 2.29. The molecule has 0 spiro atoms. The van der Waals surface area contributed by atoms with Gasteiger partial charge in [-0.05, 0) is 18.2 Å². The number of aromatic nitrogens is 1. The molecule has 0 saturated heterocycles. The van der Waals surface area contributed by atoms with Crippen molar-refractivity contribution in [3.63, 3.8) is 0 Å². The molecule has 0 aliphatic carbocycles. The molecule has 0 unspecified atom stereocenters. The molecule has 8 heteroatoms. The van der Waals surface area contributed by atoms with E-state index in [4.69, 9.17) is 5.73 Å². The van der Waals surface area contributed by atoms with Gasteiger partial charge in [-0.15, -0.1) is 0 Å². The van der Waals surface area contributed by atoms with Gasteiger partial charge in [0.15, 0.2) is 0 Å². The number of nitrogens with one attached hydrogen (secondary N) is 1. The topological polar surface area (TPSA) is 111 Å². The Kier molecular flexibility index (Phi) is 3.56. The summed E-state index contributed by atoms with van der Waals surface area (Å²) in [6.45, 7) is 0. The van der Waals surface area contributed by atoms with Crippen LogP contribution in [0.4, 0.5) is 21.6 Å². The lowest BCUT2D eigenvalue weighted by Gasteiger charge is -2.06. The molecule has 1 aromatic heterocycles. The summed E-state index contributed by atoms with van der Waals surface area (Å²) in [6.07, 6.45) is 0.953. The van der Waals surface area contributed by atoms with Gasteiger partial charge in [0.05, 0.1) is 10.5 Å². The summed E-state index contributed by atoms with van der Waals surface area (Å²) in [5, 5.41) is 13.0. The molecule has 1 aromatic carbocycles. The van der Waals surface area contributed by atoms with Crippen molar-refractivity contribution in [1.29, 1.82) is 0 Å². The van der Waals surface area contributed by atoms with Crippen LogP contribution in [-0.4, -0.2) is 15.8 Å². The predicted molar refractivity (Wildman–Crippen MR) is 69.7 cm³/mol. The standard InChI is InChI=1S/C12H9FN4O3/c13-7-2-1-3-8(4-7)16-12(18)10-5-9(17(19)20)6-15-11(10)14/h1-6H,(H2,14,15)(H,16,18). The largest absolute Gasteiger partial charge is 0.383 e. The van der Waals surface area contributed by atoms with Crippen LogP contribution in [-0.2, 0) is 0 Å². The molecule has 102 valence electrons. The third-order valence-corrected chi connectivity index (χ3v) is 2.44. The molecular formula is C12H9FN4O3. The van der Waals surface area contributed by atoms with Crippen molar-refractivity contribution in [2.24, 2.45) is 0 Å². The second-order valence-corrected chi connectivity index (χ2v) is 3.85. The van der Waals surface area contributed by atoms with Gasteiger partial charge in [0.2, 0.25) is 0 Å². The number of nitrogens with zero attached hydrogens (tertiary/aromatic N) is 2. The normalized spacial score (nSPS) is 10.1. The van der Waals surface area contributed by atoms with Crippen LogP contribution in [0.2, 0.25) is 0 Å². The maximum Gasteiger partial charge on any atom is 0.288 e. The molecule has 0 atom stereocenters. The third kappa shape index (κ3) is 2.86. The van der Waals surface area contributed by atoms with Gasteiger partial charge in [-0.1, -0.05) is 6.07 Å². The zero-order valence-electron chi connectivity index (χ0n) is 10.0. The molecule has 0 radical (unpaired) electrons. The fourth-order valence-electron chi connectivity index (χ4n) is 1.51. The molecule has 0 fully saturated rings. The van der Waals surface area contributed by atoms with Crippen LogP contribution in [0, 0.1) is 15.9 Å². The summed E-state index contributed by atoms with van der Waals surface area (Å²) in [5.41, 5.74) is 5.21. The van der Waals surface area contributed by atoms with E-state index in [0.717, 1.165) is 18.3 Å². The Morgan fingerprint density at radius 3 is 2.80 bits per heavy atom. The van der Waals surface area contributed by atoms with Crippen LogP contribution in [0.15, 0.2) is 36.5 Å². The number of hydrogen-bond donors (Lipinski definition) is 2. The summed E-state index contributed by atoms with van der Waals surface area (Å²) in [6, 6.07) is 6.23. The van der Waals surface area contributed by atoms with Gasteiger partial charge >= 0.3 is 0 Å². The first-order valence-corrected chi connectivity index (χ1v) is 5.44. The van der Waals surface area contributed by atoms with Crippen LogP contribution in [0.3, 0.4) is 0 Å². The molecule has 0 aliphatic heterocycles. The molecule has 7 nitrogen and oxygen atoms in total. The van der Waals surface area contributed by atoms with Crippen LogP contribution < -0.4 is 11.1 Å². The van der Waals surface area contributed by atoms with E-state index in [9.17, 15) is 19.3 Å². The van der Waals surface area contributed by atoms with Crippen LogP contribution in [0.5, 0.6) is 0 Å². The molecule has 0 bridgehead atoms. The Morgan fingerprint density at radius 1 is 1.40 bits per heavy atom. The van der Waals surface area contributed by atoms with E-state index >= 15 is 0 Å². The van der Waals surface area contributed by atoms with Crippen LogP contribution in [0.25, 0.3) is 0 Å². The van der Waals surface area contributed by atoms with Crippen molar-refractivity contribution >= 4 is 23.1 Å². The minimum Gasteiger partial charge on any atom is -0.383 e. The van der Waals surface area contributed by atoms with Gasteiger partial charge in [0.1, 0.15) is 17.8 Å². The molecule has 20 heavy (non-hydrogen) atoms. The molecule has 0 aliphatic rings. The highest BCUT2D eigenvalue weighted by Gasteiger charge is 2.16. The van der Waals surface area contributed by atoms with Gasteiger partial charge in [0, 0.05) is 11.8 Å². The number of rotatable bonds is 3. The highest BCUT2D eigenvalue weighted by molar-refractivity contribution is 6.07. The Labute approximate surface area is 112 Å². The summed E-state index contributed by atoms with van der Waals surface area (Å²) >= 11 is 0. The second kappa shape index (κ2) is 5.31. The van der Waals surface area contributed by atoms with Gasteiger partial charge in [-0.3, -0.25) is 14.9 Å². The second-order valence-electron chi connectivity index (χ2n) is 3.85. The molecule has 2 rings (SSSR count). The van der Waals surface area contributed by atoms with Crippen molar-refractivity contribution in [2.75, 3.05) is 11.1 Å². The lowest BCUT2D eigenvalue weighted by atomic mass is 10.2. The predicted octanol–water partition coefficient (Wildman–Crippen LogP) is 1.96. The van der Waals surface area contributed by atoms with E-state index in [1.54, 1.807) is 0 Å². The molecule has 0 saturated carbocycles. The van der Waals surface area contributed by atoms with Gasteiger partial charge in [-0.25, -0.2) is 9.37 Å². The Hall–Kier alpha value is -3.03. The molecular weight excluding hydrogens is 267 g/mol. The number of nitro groups is 1. The first kappa shape index (κ1) is 13.4. The summed E-state index contributed by atoms with van der Waals surface area (Å²) in [7, 11) is 0. The van der Waals surface area contributed by atoms with E-state index in [2.05, 4.69) is 10.3 Å². The Morgan fingerprint density at radius 2 is 2.15 bits per heavy atom. The molecule has 2 aromatic rings. The zero-order valence-corrected chi connectivity index (χ0v) is 10.0. The van der Waals surface area contributed by atoms with E-state index < -0.39 is 16.6 Å². The number of benzene rings is 1. The summed E-state index contributed by atoms with van der Waals surface area (Å²) in [4.78, 5) is 25.5. The lowest BCUT2D eigenvalue weighted by molar-refractivity contribution is -0.385. The van der Waals surface area contributed by atoms with E-state index in [1.807, 2.05) is 0 Å². The summed E-state index contributed by atoms with van der Waals surface area (Å²) < 4.78 is 13.0. The first-order chi connectivity index (χ1) is 9.47. The van der Waals surface area contributed by atoms with E-state index in [1.165, 1.54) is 18.2 Å². The van der Waals surface area contributed by atoms with Crippen LogP contribution >= 0.6 is 0 Å². The third-order valence-electron chi connectivity index (χ3n) is 2.44. The minimum absolute atomic E-state index is 0.149.